The first-order chi connectivity index (χ1) is 10.8. The smallest absolute Gasteiger partial charge is 0.244 e. The molecule has 0 saturated carbocycles. The van der Waals surface area contributed by atoms with E-state index in [1.165, 1.54) is 14.2 Å². The van der Waals surface area contributed by atoms with Crippen LogP contribution in [0.1, 0.15) is 24.5 Å². The summed E-state index contributed by atoms with van der Waals surface area (Å²) in [4.78, 5) is -0.523. The molecule has 0 fully saturated rings. The molecule has 126 valence electrons. The fraction of sp³-hybridized carbons (Fsp3) is 0.333. The number of rotatable bonds is 6. The molecule has 1 aromatic heterocycles. The molecule has 2 rings (SSSR count). The molecule has 0 aliphatic rings. The zero-order valence-electron chi connectivity index (χ0n) is 13.2. The Hall–Kier alpha value is -2.06. The van der Waals surface area contributed by atoms with Crippen molar-refractivity contribution in [2.45, 2.75) is 24.8 Å². The number of halogens is 1. The summed E-state index contributed by atoms with van der Waals surface area (Å²) in [5, 5.41) is 0. The molecule has 0 saturated heterocycles. The third-order valence-electron chi connectivity index (χ3n) is 3.25. The summed E-state index contributed by atoms with van der Waals surface area (Å²) in [7, 11) is -1.43. The van der Waals surface area contributed by atoms with E-state index in [9.17, 15) is 12.8 Å². The molecule has 0 radical (unpaired) electrons. The van der Waals surface area contributed by atoms with Crippen molar-refractivity contribution in [3.63, 3.8) is 0 Å². The average Bonchev–Trinajstić information content (AvgIpc) is 2.92. The van der Waals surface area contributed by atoms with Crippen molar-refractivity contribution in [3.05, 3.63) is 41.6 Å². The Morgan fingerprint density at radius 3 is 2.30 bits per heavy atom. The van der Waals surface area contributed by atoms with Crippen molar-refractivity contribution in [1.82, 2.24) is 4.72 Å². The van der Waals surface area contributed by atoms with Crippen LogP contribution in [0.3, 0.4) is 0 Å². The van der Waals surface area contributed by atoms with Crippen molar-refractivity contribution < 1.29 is 26.7 Å². The van der Waals surface area contributed by atoms with E-state index in [1.807, 2.05) is 0 Å². The minimum atomic E-state index is -4.11. The highest BCUT2D eigenvalue weighted by molar-refractivity contribution is 7.89. The lowest BCUT2D eigenvalue weighted by molar-refractivity contribution is 0.350. The molecule has 1 aromatic carbocycles. The van der Waals surface area contributed by atoms with E-state index >= 15 is 0 Å². The lowest BCUT2D eigenvalue weighted by Gasteiger charge is -2.15. The molecule has 0 spiro atoms. The van der Waals surface area contributed by atoms with E-state index < -0.39 is 26.8 Å². The van der Waals surface area contributed by atoms with Gasteiger partial charge in [0.2, 0.25) is 10.0 Å². The van der Waals surface area contributed by atoms with Crippen LogP contribution in [-0.2, 0) is 10.0 Å². The second-order valence-corrected chi connectivity index (χ2v) is 6.61. The lowest BCUT2D eigenvalue weighted by atomic mass is 10.3. The summed E-state index contributed by atoms with van der Waals surface area (Å²) in [5.41, 5.74) is 0. The van der Waals surface area contributed by atoms with Gasteiger partial charge in [0, 0.05) is 12.1 Å². The summed E-state index contributed by atoms with van der Waals surface area (Å²) in [6.07, 6.45) is 0. The molecule has 6 nitrogen and oxygen atoms in total. The highest BCUT2D eigenvalue weighted by Crippen LogP contribution is 2.32. The van der Waals surface area contributed by atoms with Crippen molar-refractivity contribution in [2.75, 3.05) is 14.2 Å². The van der Waals surface area contributed by atoms with Crippen LogP contribution in [0.2, 0.25) is 0 Å². The van der Waals surface area contributed by atoms with Crippen LogP contribution in [0.25, 0.3) is 0 Å². The molecule has 8 heteroatoms. The van der Waals surface area contributed by atoms with Crippen molar-refractivity contribution in [3.8, 4) is 11.5 Å². The molecule has 0 unspecified atom stereocenters. The largest absolute Gasteiger partial charge is 0.493 e. The predicted octanol–water partition coefficient (Wildman–Crippen LogP) is 2.78. The average molecular weight is 343 g/mol. The molecule has 1 atom stereocenters. The van der Waals surface area contributed by atoms with Gasteiger partial charge in [-0.1, -0.05) is 0 Å². The van der Waals surface area contributed by atoms with E-state index in [-0.39, 0.29) is 11.5 Å². The number of hydrogen-bond acceptors (Lipinski definition) is 5. The van der Waals surface area contributed by atoms with E-state index in [0.29, 0.717) is 11.5 Å². The van der Waals surface area contributed by atoms with Crippen LogP contribution >= 0.6 is 0 Å². The predicted molar refractivity (Wildman–Crippen MR) is 81.7 cm³/mol. The second-order valence-electron chi connectivity index (χ2n) is 4.93. The number of ether oxygens (including phenoxy) is 2. The standard InChI is InChI=1S/C15H18FNO5S/c1-9-5-6-12(22-9)10(2)17-23(18,19)15-8-14(21-4)13(20-3)7-11(15)16/h5-8,10,17H,1-4H3/t10-/m0/s1. The van der Waals surface area contributed by atoms with Gasteiger partial charge in [-0.05, 0) is 26.0 Å². The van der Waals surface area contributed by atoms with Gasteiger partial charge in [0.1, 0.15) is 22.2 Å². The third kappa shape index (κ3) is 3.65. The van der Waals surface area contributed by atoms with Gasteiger partial charge in [0.05, 0.1) is 20.3 Å². The molecule has 1 N–H and O–H groups in total. The van der Waals surface area contributed by atoms with Gasteiger partial charge in [-0.25, -0.2) is 17.5 Å². The Bertz CT molecular complexity index is 800. The minimum Gasteiger partial charge on any atom is -0.493 e. The summed E-state index contributed by atoms with van der Waals surface area (Å²) in [6.45, 7) is 3.35. The zero-order chi connectivity index (χ0) is 17.2. The molecule has 23 heavy (non-hydrogen) atoms. The van der Waals surface area contributed by atoms with Gasteiger partial charge < -0.3 is 13.9 Å². The van der Waals surface area contributed by atoms with Gasteiger partial charge >= 0.3 is 0 Å². The number of hydrogen-bond donors (Lipinski definition) is 1. The van der Waals surface area contributed by atoms with Crippen molar-refractivity contribution in [1.29, 1.82) is 0 Å². The number of sulfonamides is 1. The molecule has 0 bridgehead atoms. The number of benzene rings is 1. The van der Waals surface area contributed by atoms with Crippen LogP contribution in [0.15, 0.2) is 33.6 Å². The Morgan fingerprint density at radius 2 is 1.78 bits per heavy atom. The SMILES string of the molecule is COc1cc(F)c(S(=O)(=O)N[C@@H](C)c2ccc(C)o2)cc1OC. The zero-order valence-corrected chi connectivity index (χ0v) is 14.0. The third-order valence-corrected chi connectivity index (χ3v) is 4.80. The Kier molecular flexibility index (Phi) is 4.96. The van der Waals surface area contributed by atoms with Crippen LogP contribution < -0.4 is 14.2 Å². The van der Waals surface area contributed by atoms with Crippen LogP contribution in [0.5, 0.6) is 11.5 Å². The molecule has 0 amide bonds. The Labute approximate surface area is 134 Å². The first kappa shape index (κ1) is 17.3. The van der Waals surface area contributed by atoms with Gasteiger partial charge in [0.25, 0.3) is 0 Å². The molecule has 1 heterocycles. The number of aryl methyl sites for hydroxylation is 1. The number of methoxy groups -OCH3 is 2. The number of nitrogens with one attached hydrogen (secondary N) is 1. The van der Waals surface area contributed by atoms with E-state index in [0.717, 1.165) is 12.1 Å². The minimum absolute atomic E-state index is 0.110. The molecule has 2 aromatic rings. The van der Waals surface area contributed by atoms with Crippen molar-refractivity contribution in [2.24, 2.45) is 0 Å². The van der Waals surface area contributed by atoms with Gasteiger partial charge in [0.15, 0.2) is 11.5 Å². The highest BCUT2D eigenvalue weighted by atomic mass is 32.2. The number of furan rings is 1. The molecular formula is C15H18FNO5S. The Morgan fingerprint density at radius 1 is 1.17 bits per heavy atom. The fourth-order valence-corrected chi connectivity index (χ4v) is 3.37. The van der Waals surface area contributed by atoms with E-state index in [4.69, 9.17) is 13.9 Å². The maximum Gasteiger partial charge on any atom is 0.244 e. The molecular weight excluding hydrogens is 325 g/mol. The topological polar surface area (TPSA) is 77.8 Å². The quantitative estimate of drug-likeness (QED) is 0.873. The van der Waals surface area contributed by atoms with Crippen LogP contribution in [0.4, 0.5) is 4.39 Å². The van der Waals surface area contributed by atoms with Crippen LogP contribution in [-0.4, -0.2) is 22.6 Å². The van der Waals surface area contributed by atoms with E-state index in [2.05, 4.69) is 4.72 Å². The summed E-state index contributed by atoms with van der Waals surface area (Å²) < 4.78 is 56.7. The summed E-state index contributed by atoms with van der Waals surface area (Å²) >= 11 is 0. The van der Waals surface area contributed by atoms with E-state index in [1.54, 1.807) is 26.0 Å². The van der Waals surface area contributed by atoms with Crippen molar-refractivity contribution >= 4 is 10.0 Å². The molecule has 0 aliphatic heterocycles. The lowest BCUT2D eigenvalue weighted by Crippen LogP contribution is -2.27. The fourth-order valence-electron chi connectivity index (χ4n) is 2.08. The first-order valence-electron chi connectivity index (χ1n) is 6.78. The monoisotopic (exact) mass is 343 g/mol. The van der Waals surface area contributed by atoms with Gasteiger partial charge in [-0.15, -0.1) is 0 Å². The van der Waals surface area contributed by atoms with Crippen LogP contribution in [0, 0.1) is 12.7 Å². The van der Waals surface area contributed by atoms with Gasteiger partial charge in [-0.2, -0.15) is 0 Å². The second kappa shape index (κ2) is 6.59. The summed E-state index contributed by atoms with van der Waals surface area (Å²) in [6, 6.07) is 4.78. The Balaban J connectivity index is 2.36. The maximum absolute atomic E-state index is 14.1. The summed E-state index contributed by atoms with van der Waals surface area (Å²) in [5.74, 6) is 0.391. The highest BCUT2D eigenvalue weighted by Gasteiger charge is 2.25. The first-order valence-corrected chi connectivity index (χ1v) is 8.27. The molecule has 0 aliphatic carbocycles. The normalized spacial score (nSPS) is 12.9. The maximum atomic E-state index is 14.1. The van der Waals surface area contributed by atoms with Gasteiger partial charge in [-0.3, -0.25) is 0 Å².